The number of hydrogen-bond donors (Lipinski definition) is 1. The minimum atomic E-state index is -0.415. The molecule has 1 aromatic carbocycles. The van der Waals surface area contributed by atoms with Crippen molar-refractivity contribution in [3.63, 3.8) is 0 Å². The highest BCUT2D eigenvalue weighted by atomic mass is 79.9. The van der Waals surface area contributed by atoms with Crippen LogP contribution in [0.15, 0.2) is 16.6 Å². The highest BCUT2D eigenvalue weighted by Crippen LogP contribution is 2.38. The topological polar surface area (TPSA) is 49.4 Å². The van der Waals surface area contributed by atoms with Gasteiger partial charge in [0.2, 0.25) is 11.8 Å². The Labute approximate surface area is 162 Å². The molecule has 2 saturated heterocycles. The molecule has 2 heterocycles. The van der Waals surface area contributed by atoms with Crippen LogP contribution in [0.4, 0.5) is 5.69 Å². The third-order valence-electron chi connectivity index (χ3n) is 5.17. The summed E-state index contributed by atoms with van der Waals surface area (Å²) in [6.45, 7) is 6.76. The number of aryl methyl sites for hydroxylation is 2. The average Bonchev–Trinajstić information content (AvgIpc) is 2.98. The Kier molecular flexibility index (Phi) is 5.49. The van der Waals surface area contributed by atoms with Gasteiger partial charge in [0, 0.05) is 16.7 Å². The number of rotatable bonds is 3. The van der Waals surface area contributed by atoms with E-state index in [4.69, 9.17) is 0 Å². The number of halogens is 1. The number of carbonyl (C=O) groups is 2. The fourth-order valence-corrected chi connectivity index (χ4v) is 5.73. The number of thioether (sulfide) groups is 1. The van der Waals surface area contributed by atoms with Gasteiger partial charge in [-0.3, -0.25) is 9.59 Å². The normalized spacial score (nSPS) is 26.8. The van der Waals surface area contributed by atoms with Crippen molar-refractivity contribution in [3.8, 4) is 0 Å². The maximum absolute atomic E-state index is 13.1. The molecule has 2 fully saturated rings. The summed E-state index contributed by atoms with van der Waals surface area (Å²) in [5.74, 6) is 1.05. The average molecular weight is 425 g/mol. The van der Waals surface area contributed by atoms with Crippen LogP contribution >= 0.6 is 27.7 Å². The highest BCUT2D eigenvalue weighted by molar-refractivity contribution is 9.10. The fourth-order valence-electron chi connectivity index (χ4n) is 3.83. The molecule has 1 N–H and O–H groups in total. The Balaban J connectivity index is 1.79. The van der Waals surface area contributed by atoms with Crippen molar-refractivity contribution in [2.24, 2.45) is 0 Å². The molecule has 3 rings (SSSR count). The maximum atomic E-state index is 13.1. The van der Waals surface area contributed by atoms with Gasteiger partial charge in [0.25, 0.3) is 0 Å². The molecule has 2 atom stereocenters. The monoisotopic (exact) mass is 424 g/mol. The van der Waals surface area contributed by atoms with Gasteiger partial charge >= 0.3 is 0 Å². The summed E-state index contributed by atoms with van der Waals surface area (Å²) in [5.41, 5.74) is 3.13. The van der Waals surface area contributed by atoms with Crippen molar-refractivity contribution in [2.75, 3.05) is 17.2 Å². The Bertz CT molecular complexity index is 678. The SMILES string of the molecule is Cc1cc(Br)cc(C)c1N1CCCC(NC(=O)C2(C)CCCS2)C1=O. The first-order valence-electron chi connectivity index (χ1n) is 8.85. The van der Waals surface area contributed by atoms with Crippen molar-refractivity contribution in [1.29, 1.82) is 0 Å². The van der Waals surface area contributed by atoms with Crippen LogP contribution in [0.5, 0.6) is 0 Å². The van der Waals surface area contributed by atoms with E-state index in [-0.39, 0.29) is 16.6 Å². The Hall–Kier alpha value is -1.01. The maximum Gasteiger partial charge on any atom is 0.249 e. The number of piperidine rings is 1. The molecule has 2 unspecified atom stereocenters. The smallest absolute Gasteiger partial charge is 0.249 e. The first-order valence-corrected chi connectivity index (χ1v) is 10.6. The molecule has 0 aromatic heterocycles. The molecule has 25 heavy (non-hydrogen) atoms. The molecule has 0 aliphatic carbocycles. The molecular formula is C19H25BrN2O2S. The molecule has 0 bridgehead atoms. The van der Waals surface area contributed by atoms with Gasteiger partial charge in [-0.1, -0.05) is 15.9 Å². The van der Waals surface area contributed by atoms with E-state index in [0.29, 0.717) is 6.54 Å². The van der Waals surface area contributed by atoms with Crippen LogP contribution in [0.25, 0.3) is 0 Å². The fraction of sp³-hybridized carbons (Fsp3) is 0.579. The number of amides is 2. The Morgan fingerprint density at radius 3 is 2.60 bits per heavy atom. The second kappa shape index (κ2) is 7.31. The molecule has 136 valence electrons. The molecule has 6 heteroatoms. The van der Waals surface area contributed by atoms with Crippen LogP contribution < -0.4 is 10.2 Å². The Morgan fingerprint density at radius 1 is 1.32 bits per heavy atom. The summed E-state index contributed by atoms with van der Waals surface area (Å²) in [5, 5.41) is 3.04. The van der Waals surface area contributed by atoms with E-state index in [9.17, 15) is 9.59 Å². The third-order valence-corrected chi connectivity index (χ3v) is 7.15. The van der Waals surface area contributed by atoms with Gasteiger partial charge in [-0.05, 0) is 75.5 Å². The second-order valence-corrected chi connectivity index (χ2v) is 9.74. The molecule has 0 saturated carbocycles. The molecule has 2 amide bonds. The van der Waals surface area contributed by atoms with E-state index < -0.39 is 6.04 Å². The summed E-state index contributed by atoms with van der Waals surface area (Å²) in [6, 6.07) is 3.66. The number of nitrogens with one attached hydrogen (secondary N) is 1. The first kappa shape index (κ1) is 18.8. The standard InChI is InChI=1S/C19H25BrN2O2S/c1-12-10-14(20)11-13(2)16(12)22-8-4-6-15(17(22)23)21-18(24)19(3)7-5-9-25-19/h10-11,15H,4-9H2,1-3H3,(H,21,24). The van der Waals surface area contributed by atoms with E-state index in [1.165, 1.54) is 0 Å². The van der Waals surface area contributed by atoms with Gasteiger partial charge in [-0.2, -0.15) is 0 Å². The highest BCUT2D eigenvalue weighted by Gasteiger charge is 2.40. The van der Waals surface area contributed by atoms with Gasteiger partial charge in [0.1, 0.15) is 6.04 Å². The minimum absolute atomic E-state index is 0.0134. The van der Waals surface area contributed by atoms with Crippen LogP contribution in [0.1, 0.15) is 43.7 Å². The number of benzene rings is 1. The second-order valence-electron chi connectivity index (χ2n) is 7.23. The molecule has 2 aliphatic heterocycles. The van der Waals surface area contributed by atoms with E-state index in [2.05, 4.69) is 21.2 Å². The summed E-state index contributed by atoms with van der Waals surface area (Å²) >= 11 is 5.22. The van der Waals surface area contributed by atoms with Crippen LogP contribution in [-0.2, 0) is 9.59 Å². The summed E-state index contributed by atoms with van der Waals surface area (Å²) in [6.07, 6.45) is 3.57. The van der Waals surface area contributed by atoms with Gasteiger partial charge in [0.05, 0.1) is 4.75 Å². The quantitative estimate of drug-likeness (QED) is 0.798. The molecule has 1 aromatic rings. The van der Waals surface area contributed by atoms with Crippen LogP contribution in [0, 0.1) is 13.8 Å². The lowest BCUT2D eigenvalue weighted by molar-refractivity contribution is -0.129. The zero-order valence-corrected chi connectivity index (χ0v) is 17.4. The Morgan fingerprint density at radius 2 is 2.00 bits per heavy atom. The van der Waals surface area contributed by atoms with Crippen molar-refractivity contribution < 1.29 is 9.59 Å². The van der Waals surface area contributed by atoms with Gasteiger partial charge in [-0.15, -0.1) is 11.8 Å². The lowest BCUT2D eigenvalue weighted by atomic mass is 9.99. The summed E-state index contributed by atoms with van der Waals surface area (Å²) in [7, 11) is 0. The van der Waals surface area contributed by atoms with E-state index in [1.54, 1.807) is 11.8 Å². The number of anilines is 1. The van der Waals surface area contributed by atoms with Crippen molar-refractivity contribution in [1.82, 2.24) is 5.32 Å². The lowest BCUT2D eigenvalue weighted by Gasteiger charge is -2.35. The molecule has 0 spiro atoms. The first-order chi connectivity index (χ1) is 11.8. The van der Waals surface area contributed by atoms with E-state index in [0.717, 1.165) is 52.7 Å². The van der Waals surface area contributed by atoms with Crippen molar-refractivity contribution >= 4 is 45.2 Å². The number of nitrogens with zero attached hydrogens (tertiary/aromatic N) is 1. The predicted octanol–water partition coefficient (Wildman–Crippen LogP) is 3.96. The zero-order valence-electron chi connectivity index (χ0n) is 15.0. The van der Waals surface area contributed by atoms with Crippen LogP contribution in [0.2, 0.25) is 0 Å². The third kappa shape index (κ3) is 3.75. The van der Waals surface area contributed by atoms with Crippen molar-refractivity contribution in [2.45, 2.75) is 57.2 Å². The van der Waals surface area contributed by atoms with Gasteiger partial charge in [-0.25, -0.2) is 0 Å². The van der Waals surface area contributed by atoms with Gasteiger partial charge in [0.15, 0.2) is 0 Å². The summed E-state index contributed by atoms with van der Waals surface area (Å²) < 4.78 is 0.637. The minimum Gasteiger partial charge on any atom is -0.343 e. The number of carbonyl (C=O) groups excluding carboxylic acids is 2. The van der Waals surface area contributed by atoms with E-state index >= 15 is 0 Å². The largest absolute Gasteiger partial charge is 0.343 e. The van der Waals surface area contributed by atoms with Crippen LogP contribution in [-0.4, -0.2) is 34.9 Å². The van der Waals surface area contributed by atoms with Crippen molar-refractivity contribution in [3.05, 3.63) is 27.7 Å². The molecular weight excluding hydrogens is 400 g/mol. The van der Waals surface area contributed by atoms with E-state index in [1.807, 2.05) is 37.8 Å². The molecule has 4 nitrogen and oxygen atoms in total. The predicted molar refractivity (Wildman–Crippen MR) is 107 cm³/mol. The van der Waals surface area contributed by atoms with Gasteiger partial charge < -0.3 is 10.2 Å². The van der Waals surface area contributed by atoms with Crippen LogP contribution in [0.3, 0.4) is 0 Å². The summed E-state index contributed by atoms with van der Waals surface area (Å²) in [4.78, 5) is 27.6. The number of hydrogen-bond acceptors (Lipinski definition) is 3. The lowest BCUT2D eigenvalue weighted by Crippen LogP contribution is -2.55. The zero-order chi connectivity index (χ0) is 18.2. The molecule has 2 aliphatic rings. The molecule has 0 radical (unpaired) electrons.